The van der Waals surface area contributed by atoms with Gasteiger partial charge >= 0.3 is 0 Å². The van der Waals surface area contributed by atoms with Crippen LogP contribution in [0.2, 0.25) is 0 Å². The third kappa shape index (κ3) is 3.97. The average molecular weight is 482 g/mol. The Morgan fingerprint density at radius 3 is 2.62 bits per heavy atom. The number of carbonyl (C=O) groups is 1. The fourth-order valence-corrected chi connectivity index (χ4v) is 6.56. The molecule has 9 nitrogen and oxygen atoms in total. The molecule has 2 aliphatic rings. The largest absolute Gasteiger partial charge is 0.352 e. The molecule has 3 aromatic rings. The molecular weight excluding hydrogens is 450 g/mol. The van der Waals surface area contributed by atoms with E-state index in [-0.39, 0.29) is 17.5 Å². The van der Waals surface area contributed by atoms with Crippen LogP contribution in [0.4, 0.5) is 0 Å². The van der Waals surface area contributed by atoms with Crippen molar-refractivity contribution in [2.24, 2.45) is 24.8 Å². The summed E-state index contributed by atoms with van der Waals surface area (Å²) in [5.41, 5.74) is 1.64. The smallest absolute Gasteiger partial charge is 0.297 e. The lowest BCUT2D eigenvalue weighted by molar-refractivity contribution is -0.121. The van der Waals surface area contributed by atoms with Crippen LogP contribution in [0.15, 0.2) is 40.3 Å². The van der Waals surface area contributed by atoms with Crippen LogP contribution in [0.1, 0.15) is 45.2 Å². The van der Waals surface area contributed by atoms with Gasteiger partial charge in [0.25, 0.3) is 5.56 Å². The van der Waals surface area contributed by atoms with Crippen LogP contribution in [0.5, 0.6) is 0 Å². The van der Waals surface area contributed by atoms with Gasteiger partial charge in [0.1, 0.15) is 0 Å². The van der Waals surface area contributed by atoms with Crippen molar-refractivity contribution in [3.63, 3.8) is 0 Å². The number of amides is 1. The number of hydrogen-bond acceptors (Lipinski definition) is 6. The topological polar surface area (TPSA) is 99.6 Å². The summed E-state index contributed by atoms with van der Waals surface area (Å²) in [5.74, 6) is 2.15. The first-order valence-corrected chi connectivity index (χ1v) is 12.8. The summed E-state index contributed by atoms with van der Waals surface area (Å²) in [4.78, 5) is 26.4. The number of thioether (sulfide) groups is 1. The maximum Gasteiger partial charge on any atom is 0.297 e. The van der Waals surface area contributed by atoms with Crippen molar-refractivity contribution in [1.29, 1.82) is 0 Å². The Balaban J connectivity index is 1.34. The van der Waals surface area contributed by atoms with Gasteiger partial charge in [0.05, 0.1) is 16.6 Å². The molecule has 5 rings (SSSR count). The molecule has 2 bridgehead atoms. The third-order valence-corrected chi connectivity index (χ3v) is 8.67. The number of rotatable bonds is 7. The van der Waals surface area contributed by atoms with E-state index in [9.17, 15) is 9.59 Å². The van der Waals surface area contributed by atoms with E-state index in [1.54, 1.807) is 9.36 Å². The number of benzene rings is 1. The summed E-state index contributed by atoms with van der Waals surface area (Å²) in [6, 6.07) is 9.61. The first-order valence-electron chi connectivity index (χ1n) is 11.9. The standard InChI is InChI=1S/C24H31N7O2S/c1-14(20-13-17-10-11-18(20)12-17)25-22(32)16(3)34-24-26-27-28-30(24)21-15(2)29(4)31(23(21)33)19-8-6-5-7-9-19/h5-9,14,16-18,20H,10-13H2,1-4H3,(H,25,32). The molecule has 0 saturated heterocycles. The van der Waals surface area contributed by atoms with Crippen LogP contribution in [0.25, 0.3) is 11.4 Å². The predicted octanol–water partition coefficient (Wildman–Crippen LogP) is 2.88. The molecule has 2 saturated carbocycles. The number of tetrazole rings is 1. The Kier molecular flexibility index (Phi) is 6.09. The van der Waals surface area contributed by atoms with Gasteiger partial charge in [-0.15, -0.1) is 5.10 Å². The second-order valence-electron chi connectivity index (χ2n) is 9.68. The van der Waals surface area contributed by atoms with Gasteiger partial charge in [-0.25, -0.2) is 4.68 Å². The zero-order chi connectivity index (χ0) is 24.0. The first-order chi connectivity index (χ1) is 16.3. The fraction of sp³-hybridized carbons (Fsp3) is 0.542. The van der Waals surface area contributed by atoms with Crippen LogP contribution in [-0.2, 0) is 11.8 Å². The second kappa shape index (κ2) is 9.05. The summed E-state index contributed by atoms with van der Waals surface area (Å²) < 4.78 is 4.83. The second-order valence-corrected chi connectivity index (χ2v) is 11.0. The van der Waals surface area contributed by atoms with E-state index in [0.29, 0.717) is 16.8 Å². The lowest BCUT2D eigenvalue weighted by Gasteiger charge is -2.29. The highest BCUT2D eigenvalue weighted by Gasteiger charge is 2.42. The van der Waals surface area contributed by atoms with Crippen molar-refractivity contribution in [2.45, 2.75) is 62.9 Å². The number of carbonyl (C=O) groups excluding carboxylic acids is 1. The molecule has 2 aliphatic carbocycles. The van der Waals surface area contributed by atoms with E-state index in [2.05, 4.69) is 27.8 Å². The van der Waals surface area contributed by atoms with Crippen molar-refractivity contribution >= 4 is 17.7 Å². The molecular formula is C24H31N7O2S. The number of hydrogen-bond donors (Lipinski definition) is 1. The lowest BCUT2D eigenvalue weighted by Crippen LogP contribution is -2.43. The van der Waals surface area contributed by atoms with Crippen molar-refractivity contribution < 1.29 is 4.79 Å². The van der Waals surface area contributed by atoms with Gasteiger partial charge in [-0.3, -0.25) is 14.3 Å². The zero-order valence-corrected chi connectivity index (χ0v) is 20.8. The lowest BCUT2D eigenvalue weighted by atomic mass is 9.84. The molecule has 10 heteroatoms. The van der Waals surface area contributed by atoms with Crippen LogP contribution < -0.4 is 10.9 Å². The molecule has 1 amide bonds. The first kappa shape index (κ1) is 22.9. The molecule has 1 N–H and O–H groups in total. The summed E-state index contributed by atoms with van der Waals surface area (Å²) >= 11 is 1.27. The van der Waals surface area contributed by atoms with Gasteiger partial charge in [-0.2, -0.15) is 4.68 Å². The Labute approximate surface area is 202 Å². The van der Waals surface area contributed by atoms with Crippen LogP contribution in [-0.4, -0.2) is 46.8 Å². The van der Waals surface area contributed by atoms with Crippen LogP contribution >= 0.6 is 11.8 Å². The zero-order valence-electron chi connectivity index (χ0n) is 20.0. The van der Waals surface area contributed by atoms with E-state index >= 15 is 0 Å². The van der Waals surface area contributed by atoms with Gasteiger partial charge in [0.15, 0.2) is 5.69 Å². The number of aromatic nitrogens is 6. The predicted molar refractivity (Wildman–Crippen MR) is 130 cm³/mol. The highest BCUT2D eigenvalue weighted by atomic mass is 32.2. The Bertz CT molecular complexity index is 1250. The minimum atomic E-state index is -0.397. The molecule has 0 spiro atoms. The fourth-order valence-electron chi connectivity index (χ4n) is 5.76. The molecule has 2 heterocycles. The van der Waals surface area contributed by atoms with Crippen molar-refractivity contribution in [3.05, 3.63) is 46.4 Å². The molecule has 1 aromatic carbocycles. The van der Waals surface area contributed by atoms with Gasteiger partial charge in [-0.05, 0) is 80.3 Å². The molecule has 2 fully saturated rings. The highest BCUT2D eigenvalue weighted by molar-refractivity contribution is 8.00. The summed E-state index contributed by atoms with van der Waals surface area (Å²) in [5, 5.41) is 15.3. The number of para-hydroxylation sites is 1. The molecule has 0 aliphatic heterocycles. The molecule has 5 unspecified atom stereocenters. The Hall–Kier alpha value is -2.88. The van der Waals surface area contributed by atoms with Crippen LogP contribution in [0.3, 0.4) is 0 Å². The van der Waals surface area contributed by atoms with E-state index in [1.807, 2.05) is 51.2 Å². The van der Waals surface area contributed by atoms with E-state index < -0.39 is 5.25 Å². The molecule has 2 aromatic heterocycles. The summed E-state index contributed by atoms with van der Waals surface area (Å²) in [6.45, 7) is 5.84. The number of nitrogens with one attached hydrogen (secondary N) is 1. The monoisotopic (exact) mass is 481 g/mol. The van der Waals surface area contributed by atoms with Gasteiger partial charge in [0.2, 0.25) is 11.1 Å². The summed E-state index contributed by atoms with van der Waals surface area (Å²) in [6.07, 6.45) is 5.20. The third-order valence-electron chi connectivity index (χ3n) is 7.63. The minimum Gasteiger partial charge on any atom is -0.352 e. The maximum absolute atomic E-state index is 13.4. The summed E-state index contributed by atoms with van der Waals surface area (Å²) in [7, 11) is 1.83. The van der Waals surface area contributed by atoms with E-state index in [4.69, 9.17) is 0 Å². The SMILES string of the molecule is Cc1c(-n2nnnc2SC(C)C(=O)NC(C)C2CC3CCC2C3)c(=O)n(-c2ccccc2)n1C. The van der Waals surface area contributed by atoms with Gasteiger partial charge in [0, 0.05) is 13.1 Å². The van der Waals surface area contributed by atoms with Crippen molar-refractivity contribution in [2.75, 3.05) is 0 Å². The van der Waals surface area contributed by atoms with Gasteiger partial charge in [-0.1, -0.05) is 36.4 Å². The van der Waals surface area contributed by atoms with Crippen molar-refractivity contribution in [1.82, 2.24) is 34.9 Å². The van der Waals surface area contributed by atoms with E-state index in [1.165, 1.54) is 42.1 Å². The molecule has 0 radical (unpaired) electrons. The van der Waals surface area contributed by atoms with Crippen molar-refractivity contribution in [3.8, 4) is 11.4 Å². The van der Waals surface area contributed by atoms with Crippen LogP contribution in [0, 0.1) is 24.7 Å². The maximum atomic E-state index is 13.4. The normalized spacial score (nSPS) is 23.2. The molecule has 34 heavy (non-hydrogen) atoms. The highest BCUT2D eigenvalue weighted by Crippen LogP contribution is 2.49. The Morgan fingerprint density at radius 1 is 1.18 bits per heavy atom. The average Bonchev–Trinajstić information content (AvgIpc) is 3.60. The number of fused-ring (bicyclic) bond motifs is 2. The quantitative estimate of drug-likeness (QED) is 0.521. The van der Waals surface area contributed by atoms with Gasteiger partial charge < -0.3 is 5.32 Å². The Morgan fingerprint density at radius 2 is 1.94 bits per heavy atom. The van der Waals surface area contributed by atoms with E-state index in [0.717, 1.165) is 23.2 Å². The molecule has 180 valence electrons. The molecule has 5 atom stereocenters. The minimum absolute atomic E-state index is 0.0266. The number of nitrogens with zero attached hydrogens (tertiary/aromatic N) is 6.